The highest BCUT2D eigenvalue weighted by molar-refractivity contribution is 5.98. The molecule has 0 saturated carbocycles. The molecule has 0 aliphatic carbocycles. The van der Waals surface area contributed by atoms with Crippen molar-refractivity contribution >= 4 is 22.7 Å². The highest BCUT2D eigenvalue weighted by Gasteiger charge is 2.21. The first-order chi connectivity index (χ1) is 16.1. The van der Waals surface area contributed by atoms with Crippen LogP contribution in [-0.2, 0) is 0 Å². The topological polar surface area (TPSA) is 52.6 Å². The zero-order valence-electron chi connectivity index (χ0n) is 20.4. The van der Waals surface area contributed by atoms with Crippen LogP contribution in [0, 0.1) is 41.5 Å². The lowest BCUT2D eigenvalue weighted by molar-refractivity contribution is 0.0681. The molecule has 0 aliphatic rings. The quantitative estimate of drug-likeness (QED) is 0.244. The Balaban J connectivity index is 1.76. The first-order valence-electron chi connectivity index (χ1n) is 11.3. The predicted octanol–water partition coefficient (Wildman–Crippen LogP) is 7.13. The third-order valence-corrected chi connectivity index (χ3v) is 5.98. The van der Waals surface area contributed by atoms with E-state index in [0.717, 1.165) is 44.2 Å². The van der Waals surface area contributed by atoms with Crippen LogP contribution in [0.1, 0.15) is 54.1 Å². The Kier molecular flexibility index (Phi) is 6.25. The number of hydrogen-bond acceptors (Lipinski definition) is 4. The minimum atomic E-state index is -0.481. The highest BCUT2D eigenvalue weighted by Crippen LogP contribution is 2.35. The van der Waals surface area contributed by atoms with Crippen LogP contribution in [0.2, 0.25) is 0 Å². The van der Waals surface area contributed by atoms with Gasteiger partial charge in [-0.2, -0.15) is 0 Å². The molecule has 4 aromatic rings. The predicted molar refractivity (Wildman–Crippen MR) is 135 cm³/mol. The Hall–Kier alpha value is -3.92. The van der Waals surface area contributed by atoms with E-state index in [1.54, 1.807) is 12.1 Å². The van der Waals surface area contributed by atoms with E-state index in [-0.39, 0.29) is 11.5 Å². The molecule has 0 spiro atoms. The number of rotatable bonds is 4. The van der Waals surface area contributed by atoms with E-state index >= 15 is 0 Å². The van der Waals surface area contributed by atoms with Gasteiger partial charge in [-0.3, -0.25) is 0 Å². The molecular weight excluding hydrogens is 424 g/mol. The molecule has 0 aromatic heterocycles. The second-order valence-electron chi connectivity index (χ2n) is 8.97. The van der Waals surface area contributed by atoms with E-state index < -0.39 is 11.9 Å². The van der Waals surface area contributed by atoms with Crippen molar-refractivity contribution in [3.05, 3.63) is 105 Å². The van der Waals surface area contributed by atoms with Crippen LogP contribution < -0.4 is 9.47 Å². The largest absolute Gasteiger partial charge is 0.419 e. The lowest BCUT2D eigenvalue weighted by Crippen LogP contribution is -2.16. The standard InChI is InChI=1S/C30H28O4/c1-17-11-19(3)27(20(4)12-17)29(31)33-25-15-23-9-7-8-10-24(23)16-26(25)34-30(32)28-21(5)13-18(2)14-22(28)6/h7-16H,1-6H3. The van der Waals surface area contributed by atoms with E-state index in [2.05, 4.69) is 0 Å². The van der Waals surface area contributed by atoms with Gasteiger partial charge in [0.2, 0.25) is 0 Å². The average molecular weight is 453 g/mol. The van der Waals surface area contributed by atoms with Crippen molar-refractivity contribution in [3.8, 4) is 11.5 Å². The van der Waals surface area contributed by atoms with Gasteiger partial charge in [0.1, 0.15) is 0 Å². The Bertz CT molecular complexity index is 1290. The van der Waals surface area contributed by atoms with Crippen LogP contribution in [0.3, 0.4) is 0 Å². The average Bonchev–Trinajstić information content (AvgIpc) is 2.72. The monoisotopic (exact) mass is 452 g/mol. The molecule has 0 fully saturated rings. The molecule has 172 valence electrons. The summed E-state index contributed by atoms with van der Waals surface area (Å²) < 4.78 is 11.7. The maximum atomic E-state index is 13.2. The van der Waals surface area contributed by atoms with E-state index in [0.29, 0.717) is 11.1 Å². The number of carbonyl (C=O) groups is 2. The van der Waals surface area contributed by atoms with Crippen molar-refractivity contribution in [2.75, 3.05) is 0 Å². The number of hydrogen-bond donors (Lipinski definition) is 0. The molecular formula is C30H28O4. The molecule has 0 N–H and O–H groups in total. The van der Waals surface area contributed by atoms with Gasteiger partial charge in [0.05, 0.1) is 11.1 Å². The molecule has 4 heteroatoms. The summed E-state index contributed by atoms with van der Waals surface area (Å²) in [5.74, 6) is -0.548. The van der Waals surface area contributed by atoms with E-state index in [1.807, 2.05) is 90.1 Å². The molecule has 0 aliphatic heterocycles. The number of benzene rings is 4. The fraction of sp³-hybridized carbons (Fsp3) is 0.200. The van der Waals surface area contributed by atoms with Crippen LogP contribution in [0.15, 0.2) is 60.7 Å². The van der Waals surface area contributed by atoms with Gasteiger partial charge in [-0.05, 0) is 86.7 Å². The van der Waals surface area contributed by atoms with Crippen molar-refractivity contribution in [1.82, 2.24) is 0 Å². The first kappa shape index (κ1) is 23.2. The lowest BCUT2D eigenvalue weighted by Gasteiger charge is -2.16. The summed E-state index contributed by atoms with van der Waals surface area (Å²) in [6.07, 6.45) is 0. The zero-order valence-corrected chi connectivity index (χ0v) is 20.4. The zero-order chi connectivity index (χ0) is 24.6. The van der Waals surface area contributed by atoms with Gasteiger partial charge in [0.25, 0.3) is 0 Å². The van der Waals surface area contributed by atoms with Crippen LogP contribution in [0.4, 0.5) is 0 Å². The van der Waals surface area contributed by atoms with E-state index in [1.165, 1.54) is 0 Å². The maximum Gasteiger partial charge on any atom is 0.344 e. The first-order valence-corrected chi connectivity index (χ1v) is 11.3. The lowest BCUT2D eigenvalue weighted by atomic mass is 10.00. The number of carbonyl (C=O) groups excluding carboxylic acids is 2. The van der Waals surface area contributed by atoms with Gasteiger partial charge in [-0.25, -0.2) is 9.59 Å². The van der Waals surface area contributed by atoms with Gasteiger partial charge >= 0.3 is 11.9 Å². The number of fused-ring (bicyclic) bond motifs is 1. The normalized spacial score (nSPS) is 10.9. The Morgan fingerprint density at radius 3 is 1.18 bits per heavy atom. The van der Waals surface area contributed by atoms with Crippen molar-refractivity contribution in [2.45, 2.75) is 41.5 Å². The molecule has 34 heavy (non-hydrogen) atoms. The van der Waals surface area contributed by atoms with Crippen LogP contribution in [0.5, 0.6) is 11.5 Å². The Labute approximate surface area is 200 Å². The second-order valence-corrected chi connectivity index (χ2v) is 8.97. The summed E-state index contributed by atoms with van der Waals surface area (Å²) in [4.78, 5) is 26.4. The maximum absolute atomic E-state index is 13.2. The van der Waals surface area contributed by atoms with Crippen molar-refractivity contribution in [2.24, 2.45) is 0 Å². The summed E-state index contributed by atoms with van der Waals surface area (Å²) in [6, 6.07) is 19.0. The molecule has 4 rings (SSSR count). The van der Waals surface area contributed by atoms with Crippen molar-refractivity contribution in [1.29, 1.82) is 0 Å². The second kappa shape index (κ2) is 9.14. The molecule has 0 saturated heterocycles. The number of aryl methyl sites for hydroxylation is 6. The van der Waals surface area contributed by atoms with Crippen LogP contribution >= 0.6 is 0 Å². The Morgan fingerprint density at radius 2 is 0.853 bits per heavy atom. The van der Waals surface area contributed by atoms with Gasteiger partial charge in [-0.15, -0.1) is 0 Å². The fourth-order valence-electron chi connectivity index (χ4n) is 4.66. The Morgan fingerprint density at radius 1 is 0.529 bits per heavy atom. The van der Waals surface area contributed by atoms with E-state index in [4.69, 9.17) is 9.47 Å². The smallest absolute Gasteiger partial charge is 0.344 e. The molecule has 0 unspecified atom stereocenters. The minimum Gasteiger partial charge on any atom is -0.419 e. The highest BCUT2D eigenvalue weighted by atomic mass is 16.6. The third-order valence-electron chi connectivity index (χ3n) is 5.98. The molecule has 0 radical (unpaired) electrons. The third kappa shape index (κ3) is 4.58. The van der Waals surface area contributed by atoms with Crippen LogP contribution in [-0.4, -0.2) is 11.9 Å². The van der Waals surface area contributed by atoms with Gasteiger partial charge < -0.3 is 9.47 Å². The minimum absolute atomic E-state index is 0.207. The van der Waals surface area contributed by atoms with Gasteiger partial charge in [-0.1, -0.05) is 59.7 Å². The molecule has 0 atom stereocenters. The van der Waals surface area contributed by atoms with E-state index in [9.17, 15) is 9.59 Å². The van der Waals surface area contributed by atoms with Crippen molar-refractivity contribution in [3.63, 3.8) is 0 Å². The summed E-state index contributed by atoms with van der Waals surface area (Å²) in [5, 5.41) is 1.76. The number of esters is 2. The summed E-state index contributed by atoms with van der Waals surface area (Å²) >= 11 is 0. The summed E-state index contributed by atoms with van der Waals surface area (Å²) in [5.41, 5.74) is 6.55. The number of ether oxygens (including phenoxy) is 2. The fourth-order valence-corrected chi connectivity index (χ4v) is 4.66. The molecule has 0 heterocycles. The molecule has 0 amide bonds. The summed E-state index contributed by atoms with van der Waals surface area (Å²) in [6.45, 7) is 11.5. The molecule has 4 aromatic carbocycles. The van der Waals surface area contributed by atoms with Gasteiger partial charge in [0, 0.05) is 0 Å². The molecule has 4 nitrogen and oxygen atoms in total. The molecule has 0 bridgehead atoms. The SMILES string of the molecule is Cc1cc(C)c(C(=O)Oc2cc3ccccc3cc2OC(=O)c2c(C)cc(C)cc2C)c(C)c1. The van der Waals surface area contributed by atoms with Crippen LogP contribution in [0.25, 0.3) is 10.8 Å². The van der Waals surface area contributed by atoms with Gasteiger partial charge in [0.15, 0.2) is 11.5 Å². The van der Waals surface area contributed by atoms with Crippen molar-refractivity contribution < 1.29 is 19.1 Å². The summed E-state index contributed by atoms with van der Waals surface area (Å²) in [7, 11) is 0.